The fourth-order valence-corrected chi connectivity index (χ4v) is 2.38. The largest absolute Gasteiger partial charge is 0.423 e. The van der Waals surface area contributed by atoms with Crippen molar-refractivity contribution in [3.63, 3.8) is 0 Å². The van der Waals surface area contributed by atoms with Gasteiger partial charge in [-0.3, -0.25) is 14.9 Å². The summed E-state index contributed by atoms with van der Waals surface area (Å²) in [5.41, 5.74) is -1.25. The van der Waals surface area contributed by atoms with Gasteiger partial charge in [0.05, 0.1) is 9.95 Å². The molecule has 0 atom stereocenters. The van der Waals surface area contributed by atoms with Crippen LogP contribution in [0.15, 0.2) is 36.4 Å². The van der Waals surface area contributed by atoms with Crippen molar-refractivity contribution in [1.82, 2.24) is 5.32 Å². The highest BCUT2D eigenvalue weighted by molar-refractivity contribution is 6.33. The molecular weight excluding hydrogens is 391 g/mol. The van der Waals surface area contributed by atoms with Crippen LogP contribution in [0.5, 0.6) is 5.75 Å². The highest BCUT2D eigenvalue weighted by atomic mass is 35.5. The van der Waals surface area contributed by atoms with Crippen LogP contribution in [0.4, 0.5) is 10.1 Å². The van der Waals surface area contributed by atoms with E-state index in [-0.39, 0.29) is 34.5 Å². The maximum Gasteiger partial charge on any atom is 0.348 e. The Morgan fingerprint density at radius 1 is 1.18 bits per heavy atom. The number of hydrogen-bond donors (Lipinski definition) is 1. The highest BCUT2D eigenvalue weighted by Gasteiger charge is 2.24. The van der Waals surface area contributed by atoms with Crippen LogP contribution in [0.25, 0.3) is 0 Å². The lowest BCUT2D eigenvalue weighted by Crippen LogP contribution is -2.34. The molecule has 0 radical (unpaired) electrons. The second-order valence-corrected chi connectivity index (χ2v) is 7.38. The topological polar surface area (TPSA) is 98.5 Å². The van der Waals surface area contributed by atoms with Crippen LogP contribution in [-0.2, 0) is 11.3 Å². The van der Waals surface area contributed by atoms with Crippen molar-refractivity contribution in [3.05, 3.63) is 68.5 Å². The van der Waals surface area contributed by atoms with Crippen LogP contribution in [0.3, 0.4) is 0 Å². The number of carbonyl (C=O) groups excluding carboxylic acids is 2. The normalized spacial score (nSPS) is 11.0. The summed E-state index contributed by atoms with van der Waals surface area (Å²) < 4.78 is 19.8. The minimum Gasteiger partial charge on any atom is -0.423 e. The van der Waals surface area contributed by atoms with Gasteiger partial charge in [-0.25, -0.2) is 9.18 Å². The molecule has 1 N–H and O–H groups in total. The number of nitro benzene ring substituents is 1. The monoisotopic (exact) mass is 408 g/mol. The number of rotatable bonds is 5. The van der Waals surface area contributed by atoms with Crippen LogP contribution in [-0.4, -0.2) is 16.8 Å². The number of amides is 1. The van der Waals surface area contributed by atoms with Gasteiger partial charge in [0.25, 0.3) is 5.69 Å². The minimum atomic E-state index is -1.06. The molecule has 0 bridgehead atoms. The maximum atomic E-state index is 14.8. The number of carbonyl (C=O) groups is 2. The number of esters is 1. The molecule has 0 spiro atoms. The Morgan fingerprint density at radius 3 is 2.32 bits per heavy atom. The van der Waals surface area contributed by atoms with E-state index in [0.29, 0.717) is 0 Å². The number of halogens is 2. The summed E-state index contributed by atoms with van der Waals surface area (Å²) in [6.07, 6.45) is 0. The van der Waals surface area contributed by atoms with E-state index >= 15 is 0 Å². The van der Waals surface area contributed by atoms with Crippen LogP contribution >= 0.6 is 11.6 Å². The Labute approximate surface area is 165 Å². The molecule has 2 aromatic carbocycles. The molecule has 2 aromatic rings. The van der Waals surface area contributed by atoms with E-state index in [1.807, 2.05) is 0 Å². The minimum absolute atomic E-state index is 0.00231. The molecule has 9 heteroatoms. The lowest BCUT2D eigenvalue weighted by molar-refractivity contribution is -0.384. The Morgan fingerprint density at radius 2 is 1.79 bits per heavy atom. The number of non-ortho nitro benzene ring substituents is 1. The summed E-state index contributed by atoms with van der Waals surface area (Å²) in [6.45, 7) is 5.02. The fraction of sp³-hybridized carbons (Fsp3) is 0.263. The zero-order valence-corrected chi connectivity index (χ0v) is 16.2. The van der Waals surface area contributed by atoms with Gasteiger partial charge < -0.3 is 10.1 Å². The van der Waals surface area contributed by atoms with E-state index in [4.69, 9.17) is 16.3 Å². The lowest BCUT2D eigenvalue weighted by atomic mass is 9.95. The first-order chi connectivity index (χ1) is 13.0. The van der Waals surface area contributed by atoms with Gasteiger partial charge in [0.2, 0.25) is 5.91 Å². The Balaban J connectivity index is 2.21. The summed E-state index contributed by atoms with van der Waals surface area (Å²) in [4.78, 5) is 34.4. The molecule has 7 nitrogen and oxygen atoms in total. The van der Waals surface area contributed by atoms with Crippen molar-refractivity contribution >= 4 is 29.2 Å². The number of nitro groups is 1. The van der Waals surface area contributed by atoms with E-state index in [0.717, 1.165) is 12.1 Å². The molecule has 148 valence electrons. The van der Waals surface area contributed by atoms with Gasteiger partial charge >= 0.3 is 5.97 Å². The molecule has 0 saturated carbocycles. The van der Waals surface area contributed by atoms with Crippen molar-refractivity contribution in [1.29, 1.82) is 0 Å². The van der Waals surface area contributed by atoms with Crippen molar-refractivity contribution in [2.45, 2.75) is 27.3 Å². The van der Waals surface area contributed by atoms with Gasteiger partial charge in [-0.1, -0.05) is 38.4 Å². The summed E-state index contributed by atoms with van der Waals surface area (Å²) >= 11 is 5.95. The van der Waals surface area contributed by atoms with Gasteiger partial charge in [0.1, 0.15) is 17.1 Å². The predicted octanol–water partition coefficient (Wildman–Crippen LogP) is 4.27. The lowest BCUT2D eigenvalue weighted by Gasteiger charge is -2.18. The van der Waals surface area contributed by atoms with Gasteiger partial charge in [0.15, 0.2) is 0 Å². The zero-order valence-electron chi connectivity index (χ0n) is 15.4. The first kappa shape index (κ1) is 21.3. The first-order valence-electron chi connectivity index (χ1n) is 8.22. The van der Waals surface area contributed by atoms with Crippen molar-refractivity contribution in [2.24, 2.45) is 5.41 Å². The maximum absolute atomic E-state index is 14.8. The van der Waals surface area contributed by atoms with Gasteiger partial charge in [0, 0.05) is 29.7 Å². The number of nitrogens with one attached hydrogen (secondary N) is 1. The van der Waals surface area contributed by atoms with Crippen molar-refractivity contribution in [3.8, 4) is 5.75 Å². The number of benzene rings is 2. The number of ether oxygens (including phenoxy) is 1. The Bertz CT molecular complexity index is 923. The van der Waals surface area contributed by atoms with E-state index in [1.54, 1.807) is 20.8 Å². The van der Waals surface area contributed by atoms with Crippen LogP contribution in [0.1, 0.15) is 36.7 Å². The molecule has 0 aliphatic heterocycles. The SMILES string of the molecule is CC(C)(C)C(=O)NCc1ccc(Cl)c(C(=O)Oc2ccc([N+](=O)[O-])cc2)c1F. The number of hydrogen-bond acceptors (Lipinski definition) is 5. The average molecular weight is 409 g/mol. The molecule has 1 amide bonds. The summed E-state index contributed by atoms with van der Waals surface area (Å²) in [5.74, 6) is -2.25. The Kier molecular flexibility index (Phi) is 6.35. The Hall–Kier alpha value is -3.00. The van der Waals surface area contributed by atoms with Gasteiger partial charge in [-0.05, 0) is 18.2 Å². The van der Waals surface area contributed by atoms with Crippen LogP contribution in [0, 0.1) is 21.3 Å². The summed E-state index contributed by atoms with van der Waals surface area (Å²) in [6, 6.07) is 7.43. The molecule has 0 aromatic heterocycles. The van der Waals surface area contributed by atoms with Gasteiger partial charge in [-0.2, -0.15) is 0 Å². The highest BCUT2D eigenvalue weighted by Crippen LogP contribution is 2.25. The molecule has 0 heterocycles. The van der Waals surface area contributed by atoms with E-state index in [2.05, 4.69) is 5.32 Å². The van der Waals surface area contributed by atoms with Crippen molar-refractivity contribution in [2.75, 3.05) is 0 Å². The van der Waals surface area contributed by atoms with E-state index in [9.17, 15) is 24.1 Å². The average Bonchev–Trinajstić information content (AvgIpc) is 2.60. The number of nitrogens with zero attached hydrogens (tertiary/aromatic N) is 1. The molecular formula is C19H18ClFN2O5. The second-order valence-electron chi connectivity index (χ2n) is 6.97. The fourth-order valence-electron chi connectivity index (χ4n) is 2.15. The van der Waals surface area contributed by atoms with Crippen molar-refractivity contribution < 1.29 is 23.6 Å². The quantitative estimate of drug-likeness (QED) is 0.345. The summed E-state index contributed by atoms with van der Waals surface area (Å²) in [5, 5.41) is 13.1. The zero-order chi connectivity index (χ0) is 21.1. The van der Waals surface area contributed by atoms with Crippen LogP contribution in [0.2, 0.25) is 5.02 Å². The molecule has 0 saturated heterocycles. The van der Waals surface area contributed by atoms with Crippen LogP contribution < -0.4 is 10.1 Å². The summed E-state index contributed by atoms with van der Waals surface area (Å²) in [7, 11) is 0. The molecule has 0 fully saturated rings. The third-order valence-electron chi connectivity index (χ3n) is 3.75. The third kappa shape index (κ3) is 5.04. The standard InChI is InChI=1S/C19H18ClFN2O5/c1-19(2,3)18(25)22-10-11-4-9-14(20)15(16(11)21)17(24)28-13-7-5-12(6-8-13)23(26)27/h4-9H,10H2,1-3H3,(H,22,25). The van der Waals surface area contributed by atoms with E-state index in [1.165, 1.54) is 24.3 Å². The third-order valence-corrected chi connectivity index (χ3v) is 4.07. The smallest absolute Gasteiger partial charge is 0.348 e. The van der Waals surface area contributed by atoms with E-state index < -0.39 is 27.7 Å². The first-order valence-corrected chi connectivity index (χ1v) is 8.60. The van der Waals surface area contributed by atoms with Gasteiger partial charge in [-0.15, -0.1) is 0 Å². The molecule has 0 aliphatic rings. The predicted molar refractivity (Wildman–Crippen MR) is 101 cm³/mol. The molecule has 28 heavy (non-hydrogen) atoms. The second kappa shape index (κ2) is 8.35. The molecule has 0 unspecified atom stereocenters. The molecule has 2 rings (SSSR count). The molecule has 0 aliphatic carbocycles.